The summed E-state index contributed by atoms with van der Waals surface area (Å²) in [6.07, 6.45) is 4.90. The van der Waals surface area contributed by atoms with Crippen molar-refractivity contribution in [3.8, 4) is 11.1 Å². The lowest BCUT2D eigenvalue weighted by molar-refractivity contribution is 0.0593. The van der Waals surface area contributed by atoms with Gasteiger partial charge in [-0.1, -0.05) is 11.6 Å². The van der Waals surface area contributed by atoms with E-state index in [9.17, 15) is 4.79 Å². The Bertz CT molecular complexity index is 798. The molecule has 6 heteroatoms. The number of carbonyl (C=O) groups excluding carboxylic acids is 1. The molecule has 0 N–H and O–H groups in total. The molecule has 0 bridgehead atoms. The summed E-state index contributed by atoms with van der Waals surface area (Å²) < 4.78 is 6.40. The third kappa shape index (κ3) is 2.02. The van der Waals surface area contributed by atoms with Crippen LogP contribution in [0.5, 0.6) is 0 Å². The molecule has 0 aromatic carbocycles. The van der Waals surface area contributed by atoms with Gasteiger partial charge in [0.15, 0.2) is 5.69 Å². The molecule has 0 aliphatic carbocycles. The number of pyridine rings is 2. The number of nitrogens with zero attached hydrogens (tertiary/aromatic N) is 3. The molecule has 0 aliphatic rings. The van der Waals surface area contributed by atoms with Crippen molar-refractivity contribution in [2.24, 2.45) is 0 Å². The lowest BCUT2D eigenvalue weighted by Gasteiger charge is -2.05. The maximum Gasteiger partial charge on any atom is 0.356 e. The van der Waals surface area contributed by atoms with Gasteiger partial charge >= 0.3 is 5.97 Å². The molecule has 3 aromatic heterocycles. The predicted octanol–water partition coefficient (Wildman–Crippen LogP) is 2.84. The summed E-state index contributed by atoms with van der Waals surface area (Å²) >= 11 is 6.09. The Morgan fingerprint density at radius 1 is 1.30 bits per heavy atom. The summed E-state index contributed by atoms with van der Waals surface area (Å²) in [5.41, 5.74) is 2.66. The SMILES string of the molecule is COC(=O)c1cnc2ccc(-c3cccnc3Cl)cn12. The van der Waals surface area contributed by atoms with Crippen LogP contribution in [0.25, 0.3) is 16.8 Å². The topological polar surface area (TPSA) is 56.5 Å². The zero-order valence-corrected chi connectivity index (χ0v) is 11.3. The maximum atomic E-state index is 11.7. The fourth-order valence-electron chi connectivity index (χ4n) is 2.00. The Balaban J connectivity index is 2.19. The average molecular weight is 288 g/mol. The smallest absolute Gasteiger partial charge is 0.356 e. The van der Waals surface area contributed by atoms with Crippen molar-refractivity contribution in [2.75, 3.05) is 7.11 Å². The number of aromatic nitrogens is 3. The number of ether oxygens (including phenoxy) is 1. The lowest BCUT2D eigenvalue weighted by atomic mass is 10.1. The van der Waals surface area contributed by atoms with Crippen molar-refractivity contribution in [2.45, 2.75) is 0 Å². The molecule has 0 fully saturated rings. The third-order valence-electron chi connectivity index (χ3n) is 2.97. The second-order valence-electron chi connectivity index (χ2n) is 4.12. The molecule has 0 saturated heterocycles. The first-order valence-corrected chi connectivity index (χ1v) is 6.25. The number of hydrogen-bond acceptors (Lipinski definition) is 4. The molecule has 100 valence electrons. The minimum absolute atomic E-state index is 0.365. The molecular formula is C14H10ClN3O2. The number of carbonyl (C=O) groups is 1. The van der Waals surface area contributed by atoms with Crippen LogP contribution in [0.2, 0.25) is 5.15 Å². The average Bonchev–Trinajstić information content (AvgIpc) is 2.90. The molecule has 3 rings (SSSR count). The van der Waals surface area contributed by atoms with Gasteiger partial charge in [0.1, 0.15) is 10.8 Å². The van der Waals surface area contributed by atoms with Crippen LogP contribution >= 0.6 is 11.6 Å². The van der Waals surface area contributed by atoms with Crippen molar-refractivity contribution >= 4 is 23.2 Å². The summed E-state index contributed by atoms with van der Waals surface area (Å²) in [6.45, 7) is 0. The molecule has 20 heavy (non-hydrogen) atoms. The van der Waals surface area contributed by atoms with Gasteiger partial charge in [0.05, 0.1) is 13.3 Å². The first-order chi connectivity index (χ1) is 9.70. The highest BCUT2D eigenvalue weighted by atomic mass is 35.5. The van der Waals surface area contributed by atoms with Crippen molar-refractivity contribution in [1.82, 2.24) is 14.4 Å². The number of rotatable bonds is 2. The van der Waals surface area contributed by atoms with Crippen LogP contribution in [0.15, 0.2) is 42.9 Å². The summed E-state index contributed by atoms with van der Waals surface area (Å²) in [7, 11) is 1.34. The quantitative estimate of drug-likeness (QED) is 0.537. The van der Waals surface area contributed by atoms with Crippen molar-refractivity contribution < 1.29 is 9.53 Å². The number of imidazole rings is 1. The number of fused-ring (bicyclic) bond motifs is 1. The van der Waals surface area contributed by atoms with E-state index in [0.717, 1.165) is 11.1 Å². The zero-order chi connectivity index (χ0) is 14.1. The van der Waals surface area contributed by atoms with Gasteiger partial charge in [-0.05, 0) is 24.3 Å². The van der Waals surface area contributed by atoms with Crippen molar-refractivity contribution in [3.05, 3.63) is 53.7 Å². The summed E-state index contributed by atoms with van der Waals surface area (Å²) in [4.78, 5) is 19.9. The highest BCUT2D eigenvalue weighted by molar-refractivity contribution is 6.32. The first kappa shape index (κ1) is 12.6. The Morgan fingerprint density at radius 3 is 2.90 bits per heavy atom. The first-order valence-electron chi connectivity index (χ1n) is 5.87. The summed E-state index contributed by atoms with van der Waals surface area (Å²) in [6, 6.07) is 7.36. The molecular weight excluding hydrogens is 278 g/mol. The Labute approximate surface area is 119 Å². The molecule has 3 aromatic rings. The van der Waals surface area contributed by atoms with E-state index < -0.39 is 5.97 Å². The second kappa shape index (κ2) is 4.94. The van der Waals surface area contributed by atoms with E-state index in [1.54, 1.807) is 22.9 Å². The van der Waals surface area contributed by atoms with E-state index in [-0.39, 0.29) is 0 Å². The predicted molar refractivity (Wildman–Crippen MR) is 74.8 cm³/mol. The molecule has 0 aliphatic heterocycles. The molecule has 3 heterocycles. The minimum Gasteiger partial charge on any atom is -0.464 e. The maximum absolute atomic E-state index is 11.7. The Kier molecular flexibility index (Phi) is 3.12. The normalized spacial score (nSPS) is 10.7. The Hall–Kier alpha value is -2.40. The molecule has 0 atom stereocenters. The van der Waals surface area contributed by atoms with E-state index in [1.165, 1.54) is 13.3 Å². The highest BCUT2D eigenvalue weighted by Crippen LogP contribution is 2.26. The van der Waals surface area contributed by atoms with Crippen LogP contribution in [-0.2, 0) is 4.74 Å². The third-order valence-corrected chi connectivity index (χ3v) is 3.27. The second-order valence-corrected chi connectivity index (χ2v) is 4.48. The van der Waals surface area contributed by atoms with E-state index in [4.69, 9.17) is 16.3 Å². The van der Waals surface area contributed by atoms with Gasteiger partial charge < -0.3 is 4.74 Å². The van der Waals surface area contributed by atoms with Gasteiger partial charge in [-0.2, -0.15) is 0 Å². The zero-order valence-electron chi connectivity index (χ0n) is 10.6. The molecule has 5 nitrogen and oxygen atoms in total. The molecule has 0 radical (unpaired) electrons. The van der Waals surface area contributed by atoms with Gasteiger partial charge in [0.2, 0.25) is 0 Å². The lowest BCUT2D eigenvalue weighted by Crippen LogP contribution is -2.05. The molecule has 0 spiro atoms. The van der Waals surface area contributed by atoms with Gasteiger partial charge in [-0.15, -0.1) is 0 Å². The van der Waals surface area contributed by atoms with E-state index in [0.29, 0.717) is 16.5 Å². The van der Waals surface area contributed by atoms with E-state index >= 15 is 0 Å². The molecule has 0 amide bonds. The summed E-state index contributed by atoms with van der Waals surface area (Å²) in [5, 5.41) is 0.409. The van der Waals surface area contributed by atoms with Crippen LogP contribution in [0.4, 0.5) is 0 Å². The number of hydrogen-bond donors (Lipinski definition) is 0. The number of methoxy groups -OCH3 is 1. The van der Waals surface area contributed by atoms with Crippen molar-refractivity contribution in [3.63, 3.8) is 0 Å². The fraction of sp³-hybridized carbons (Fsp3) is 0.0714. The van der Waals surface area contributed by atoms with Gasteiger partial charge in [0.25, 0.3) is 0 Å². The monoisotopic (exact) mass is 287 g/mol. The van der Waals surface area contributed by atoms with Crippen LogP contribution in [-0.4, -0.2) is 27.4 Å². The van der Waals surface area contributed by atoms with Crippen LogP contribution in [0.1, 0.15) is 10.5 Å². The van der Waals surface area contributed by atoms with Gasteiger partial charge in [-0.25, -0.2) is 14.8 Å². The van der Waals surface area contributed by atoms with Crippen LogP contribution < -0.4 is 0 Å². The molecule has 0 unspecified atom stereocenters. The van der Waals surface area contributed by atoms with Crippen LogP contribution in [0.3, 0.4) is 0 Å². The van der Waals surface area contributed by atoms with E-state index in [1.807, 2.05) is 18.2 Å². The standard InChI is InChI=1S/C14H10ClN3O2/c1-20-14(19)11-7-17-12-5-4-9(8-18(11)12)10-3-2-6-16-13(10)15/h2-8H,1H3. The molecule has 0 saturated carbocycles. The van der Waals surface area contributed by atoms with Crippen molar-refractivity contribution in [1.29, 1.82) is 0 Å². The number of halogens is 1. The van der Waals surface area contributed by atoms with Gasteiger partial charge in [0, 0.05) is 23.5 Å². The Morgan fingerprint density at radius 2 is 2.15 bits per heavy atom. The van der Waals surface area contributed by atoms with Gasteiger partial charge in [-0.3, -0.25) is 4.40 Å². The summed E-state index contributed by atoms with van der Waals surface area (Å²) in [5.74, 6) is -0.438. The van der Waals surface area contributed by atoms with Crippen LogP contribution in [0, 0.1) is 0 Å². The number of esters is 1. The largest absolute Gasteiger partial charge is 0.464 e. The fourth-order valence-corrected chi connectivity index (χ4v) is 2.23. The minimum atomic E-state index is -0.438. The van der Waals surface area contributed by atoms with E-state index in [2.05, 4.69) is 9.97 Å². The highest BCUT2D eigenvalue weighted by Gasteiger charge is 2.13.